The minimum absolute atomic E-state index is 0.790. The molecule has 0 aliphatic carbocycles. The first-order valence-corrected chi connectivity index (χ1v) is 7.54. The Morgan fingerprint density at radius 1 is 1.11 bits per heavy atom. The van der Waals surface area contributed by atoms with E-state index >= 15 is 0 Å². The molecule has 1 saturated heterocycles. The van der Waals surface area contributed by atoms with Gasteiger partial charge in [0.2, 0.25) is 0 Å². The molecular formula is C17H26O. The van der Waals surface area contributed by atoms with Crippen molar-refractivity contribution in [3.63, 3.8) is 0 Å². The maximum absolute atomic E-state index is 5.53. The van der Waals surface area contributed by atoms with Crippen LogP contribution in [0.1, 0.15) is 50.2 Å². The molecule has 1 aliphatic heterocycles. The SMILES string of the molecule is CCCCc1ccc(CCC2CCCOC2)cc1. The Bertz CT molecular complexity index is 322. The number of aryl methyl sites for hydroxylation is 2. The highest BCUT2D eigenvalue weighted by atomic mass is 16.5. The van der Waals surface area contributed by atoms with E-state index in [0.717, 1.165) is 19.1 Å². The molecule has 1 atom stereocenters. The van der Waals surface area contributed by atoms with Gasteiger partial charge in [0.25, 0.3) is 0 Å². The van der Waals surface area contributed by atoms with E-state index in [1.54, 1.807) is 0 Å². The summed E-state index contributed by atoms with van der Waals surface area (Å²) in [4.78, 5) is 0. The van der Waals surface area contributed by atoms with E-state index in [2.05, 4.69) is 31.2 Å². The van der Waals surface area contributed by atoms with Crippen LogP contribution < -0.4 is 0 Å². The van der Waals surface area contributed by atoms with Crippen LogP contribution in [-0.2, 0) is 17.6 Å². The van der Waals surface area contributed by atoms with Gasteiger partial charge in [0.1, 0.15) is 0 Å². The van der Waals surface area contributed by atoms with Gasteiger partial charge in [0.15, 0.2) is 0 Å². The fraction of sp³-hybridized carbons (Fsp3) is 0.647. The van der Waals surface area contributed by atoms with Crippen molar-refractivity contribution in [2.75, 3.05) is 13.2 Å². The molecule has 0 saturated carbocycles. The Labute approximate surface area is 112 Å². The zero-order valence-corrected chi connectivity index (χ0v) is 11.7. The maximum atomic E-state index is 5.53. The summed E-state index contributed by atoms with van der Waals surface area (Å²) in [7, 11) is 0. The van der Waals surface area contributed by atoms with E-state index in [-0.39, 0.29) is 0 Å². The van der Waals surface area contributed by atoms with Gasteiger partial charge in [-0.05, 0) is 55.6 Å². The second-order valence-corrected chi connectivity index (χ2v) is 5.54. The van der Waals surface area contributed by atoms with Crippen LogP contribution in [0.2, 0.25) is 0 Å². The minimum atomic E-state index is 0.790. The first kappa shape index (κ1) is 13.6. The van der Waals surface area contributed by atoms with Crippen LogP contribution >= 0.6 is 0 Å². The van der Waals surface area contributed by atoms with Gasteiger partial charge in [-0.3, -0.25) is 0 Å². The molecule has 2 rings (SSSR count). The van der Waals surface area contributed by atoms with Crippen molar-refractivity contribution in [3.8, 4) is 0 Å². The molecule has 0 amide bonds. The average Bonchev–Trinajstić information content (AvgIpc) is 2.45. The molecule has 18 heavy (non-hydrogen) atoms. The Hall–Kier alpha value is -0.820. The van der Waals surface area contributed by atoms with Gasteiger partial charge in [-0.15, -0.1) is 0 Å². The Balaban J connectivity index is 1.75. The van der Waals surface area contributed by atoms with Crippen molar-refractivity contribution in [3.05, 3.63) is 35.4 Å². The van der Waals surface area contributed by atoms with E-state index in [4.69, 9.17) is 4.74 Å². The molecular weight excluding hydrogens is 220 g/mol. The van der Waals surface area contributed by atoms with Crippen molar-refractivity contribution in [1.82, 2.24) is 0 Å². The predicted octanol–water partition coefficient (Wildman–Crippen LogP) is 4.39. The number of hydrogen-bond donors (Lipinski definition) is 0. The molecule has 1 heteroatoms. The normalized spacial score (nSPS) is 19.9. The molecule has 1 nitrogen and oxygen atoms in total. The second kappa shape index (κ2) is 7.58. The molecule has 0 bridgehead atoms. The molecule has 1 aromatic rings. The molecule has 0 aromatic heterocycles. The zero-order valence-electron chi connectivity index (χ0n) is 11.7. The monoisotopic (exact) mass is 246 g/mol. The van der Waals surface area contributed by atoms with Crippen LogP contribution in [0.15, 0.2) is 24.3 Å². The largest absolute Gasteiger partial charge is 0.381 e. The molecule has 0 spiro atoms. The Morgan fingerprint density at radius 2 is 1.83 bits per heavy atom. The lowest BCUT2D eigenvalue weighted by Gasteiger charge is -2.21. The van der Waals surface area contributed by atoms with E-state index in [9.17, 15) is 0 Å². The summed E-state index contributed by atoms with van der Waals surface area (Å²) in [6.07, 6.45) is 8.92. The number of hydrogen-bond acceptors (Lipinski definition) is 1. The van der Waals surface area contributed by atoms with Crippen LogP contribution in [0.25, 0.3) is 0 Å². The summed E-state index contributed by atoms with van der Waals surface area (Å²) in [5, 5.41) is 0. The first-order valence-electron chi connectivity index (χ1n) is 7.54. The molecule has 1 aromatic carbocycles. The number of benzene rings is 1. The van der Waals surface area contributed by atoms with Crippen LogP contribution in [-0.4, -0.2) is 13.2 Å². The van der Waals surface area contributed by atoms with Crippen molar-refractivity contribution < 1.29 is 4.74 Å². The summed E-state index contributed by atoms with van der Waals surface area (Å²) in [5.41, 5.74) is 2.97. The fourth-order valence-corrected chi connectivity index (χ4v) is 2.66. The Morgan fingerprint density at radius 3 is 2.44 bits per heavy atom. The van der Waals surface area contributed by atoms with Crippen LogP contribution in [0.3, 0.4) is 0 Å². The zero-order chi connectivity index (χ0) is 12.6. The highest BCUT2D eigenvalue weighted by molar-refractivity contribution is 5.22. The number of unbranched alkanes of at least 4 members (excludes halogenated alkanes) is 1. The molecule has 0 radical (unpaired) electrons. The lowest BCUT2D eigenvalue weighted by Crippen LogP contribution is -2.17. The maximum Gasteiger partial charge on any atom is 0.0494 e. The minimum Gasteiger partial charge on any atom is -0.381 e. The van der Waals surface area contributed by atoms with Crippen molar-refractivity contribution in [2.24, 2.45) is 5.92 Å². The van der Waals surface area contributed by atoms with E-state index < -0.39 is 0 Å². The van der Waals surface area contributed by atoms with Crippen LogP contribution in [0.5, 0.6) is 0 Å². The third kappa shape index (κ3) is 4.45. The third-order valence-electron chi connectivity index (χ3n) is 3.94. The first-order chi connectivity index (χ1) is 8.88. The number of rotatable bonds is 6. The molecule has 0 N–H and O–H groups in total. The van der Waals surface area contributed by atoms with Crippen LogP contribution in [0.4, 0.5) is 0 Å². The van der Waals surface area contributed by atoms with Gasteiger partial charge in [-0.25, -0.2) is 0 Å². The van der Waals surface area contributed by atoms with E-state index in [1.165, 1.54) is 56.1 Å². The van der Waals surface area contributed by atoms with Crippen molar-refractivity contribution in [1.29, 1.82) is 0 Å². The molecule has 100 valence electrons. The van der Waals surface area contributed by atoms with Crippen LogP contribution in [0, 0.1) is 5.92 Å². The number of ether oxygens (including phenoxy) is 1. The summed E-state index contributed by atoms with van der Waals surface area (Å²) in [6.45, 7) is 4.21. The summed E-state index contributed by atoms with van der Waals surface area (Å²) < 4.78 is 5.53. The highest BCUT2D eigenvalue weighted by Gasteiger charge is 2.13. The molecule has 1 aliphatic rings. The van der Waals surface area contributed by atoms with Gasteiger partial charge >= 0.3 is 0 Å². The summed E-state index contributed by atoms with van der Waals surface area (Å²) >= 11 is 0. The highest BCUT2D eigenvalue weighted by Crippen LogP contribution is 2.19. The second-order valence-electron chi connectivity index (χ2n) is 5.54. The Kier molecular flexibility index (Phi) is 5.73. The van der Waals surface area contributed by atoms with Gasteiger partial charge in [-0.1, -0.05) is 37.6 Å². The summed E-state index contributed by atoms with van der Waals surface area (Å²) in [5.74, 6) is 0.790. The van der Waals surface area contributed by atoms with E-state index in [1.807, 2.05) is 0 Å². The lowest BCUT2D eigenvalue weighted by molar-refractivity contribution is 0.0518. The van der Waals surface area contributed by atoms with Crippen molar-refractivity contribution in [2.45, 2.75) is 51.9 Å². The van der Waals surface area contributed by atoms with Gasteiger partial charge < -0.3 is 4.74 Å². The van der Waals surface area contributed by atoms with Gasteiger partial charge in [0.05, 0.1) is 0 Å². The molecule has 1 heterocycles. The molecule has 1 unspecified atom stereocenters. The summed E-state index contributed by atoms with van der Waals surface area (Å²) in [6, 6.07) is 9.24. The van der Waals surface area contributed by atoms with Gasteiger partial charge in [0, 0.05) is 13.2 Å². The average molecular weight is 246 g/mol. The fourth-order valence-electron chi connectivity index (χ4n) is 2.66. The smallest absolute Gasteiger partial charge is 0.0494 e. The van der Waals surface area contributed by atoms with Crippen molar-refractivity contribution >= 4 is 0 Å². The quantitative estimate of drug-likeness (QED) is 0.723. The standard InChI is InChI=1S/C17H26O/c1-2-3-5-15-7-9-16(10-8-15)11-12-17-6-4-13-18-14-17/h7-10,17H,2-6,11-14H2,1H3. The molecule has 1 fully saturated rings. The lowest BCUT2D eigenvalue weighted by atomic mass is 9.94. The predicted molar refractivity (Wildman–Crippen MR) is 76.9 cm³/mol. The third-order valence-corrected chi connectivity index (χ3v) is 3.94. The van der Waals surface area contributed by atoms with E-state index in [0.29, 0.717) is 0 Å². The topological polar surface area (TPSA) is 9.23 Å². The van der Waals surface area contributed by atoms with Gasteiger partial charge in [-0.2, -0.15) is 0 Å².